The smallest absolute Gasteiger partial charge is 0.345 e. The van der Waals surface area contributed by atoms with Crippen molar-refractivity contribution in [2.45, 2.75) is 19.9 Å². The molecular weight excluding hydrogens is 300 g/mol. The van der Waals surface area contributed by atoms with Gasteiger partial charge in [0.2, 0.25) is 0 Å². The quantitative estimate of drug-likeness (QED) is 0.886. The zero-order chi connectivity index (χ0) is 14.7. The van der Waals surface area contributed by atoms with Crippen LogP contribution in [0, 0.1) is 0 Å². The second-order valence-corrected chi connectivity index (χ2v) is 5.68. The number of carboxylic acids is 1. The van der Waals surface area contributed by atoms with E-state index in [1.54, 1.807) is 22.9 Å². The first-order valence-corrected chi connectivity index (χ1v) is 7.21. The predicted octanol–water partition coefficient (Wildman–Crippen LogP) is 3.56. The molecule has 0 aliphatic rings. The summed E-state index contributed by atoms with van der Waals surface area (Å²) in [6, 6.07) is 4.62. The van der Waals surface area contributed by atoms with Crippen molar-refractivity contribution in [2.75, 3.05) is 5.32 Å². The largest absolute Gasteiger partial charge is 0.477 e. The van der Waals surface area contributed by atoms with E-state index in [0.29, 0.717) is 22.3 Å². The summed E-state index contributed by atoms with van der Waals surface area (Å²) < 4.78 is 1.78. The molecule has 1 amide bonds. The number of amides is 1. The molecule has 0 atom stereocenters. The van der Waals surface area contributed by atoms with E-state index in [1.165, 1.54) is 6.07 Å². The fourth-order valence-electron chi connectivity index (χ4n) is 1.79. The lowest BCUT2D eigenvalue weighted by Gasteiger charge is -2.07. The van der Waals surface area contributed by atoms with Gasteiger partial charge in [-0.25, -0.2) is 4.79 Å². The first-order chi connectivity index (χ1) is 9.51. The summed E-state index contributed by atoms with van der Waals surface area (Å²) in [5, 5.41) is 12.5. The van der Waals surface area contributed by atoms with Gasteiger partial charge in [0.05, 0.1) is 10.0 Å². The predicted molar refractivity (Wildman–Crippen MR) is 79.0 cm³/mol. The highest BCUT2D eigenvalue weighted by atomic mass is 35.5. The monoisotopic (exact) mass is 312 g/mol. The second kappa shape index (κ2) is 6.11. The summed E-state index contributed by atoms with van der Waals surface area (Å²) in [4.78, 5) is 23.1. The topological polar surface area (TPSA) is 71.3 Å². The first kappa shape index (κ1) is 14.6. The lowest BCUT2D eigenvalue weighted by atomic mass is 10.3. The van der Waals surface area contributed by atoms with Gasteiger partial charge in [0, 0.05) is 12.7 Å². The van der Waals surface area contributed by atoms with E-state index in [2.05, 4.69) is 5.32 Å². The van der Waals surface area contributed by atoms with Gasteiger partial charge in [-0.3, -0.25) is 4.79 Å². The maximum absolute atomic E-state index is 12.2. The lowest BCUT2D eigenvalue weighted by molar-refractivity contribution is 0.0702. The van der Waals surface area contributed by atoms with Crippen LogP contribution in [0.15, 0.2) is 24.4 Å². The van der Waals surface area contributed by atoms with Crippen molar-refractivity contribution in [3.8, 4) is 0 Å². The van der Waals surface area contributed by atoms with Gasteiger partial charge < -0.3 is 15.0 Å². The van der Waals surface area contributed by atoms with Gasteiger partial charge in [0.15, 0.2) is 0 Å². The molecule has 0 aliphatic heterocycles. The van der Waals surface area contributed by atoms with E-state index in [1.807, 2.05) is 6.92 Å². The molecular formula is C13H13ClN2O3S. The third-order valence-corrected chi connectivity index (χ3v) is 3.81. The normalized spacial score (nSPS) is 10.5. The van der Waals surface area contributed by atoms with Crippen LogP contribution in [0.3, 0.4) is 0 Å². The van der Waals surface area contributed by atoms with E-state index in [4.69, 9.17) is 16.7 Å². The standard InChI is InChI=1S/C13H13ClN2O3S/c1-2-5-16-7-8(14)6-9(16)12(17)15-11-4-3-10(20-11)13(18)19/h3-4,6-7H,2,5H2,1H3,(H,15,17)(H,18,19). The molecule has 2 aromatic heterocycles. The molecule has 0 aliphatic carbocycles. The van der Waals surface area contributed by atoms with Crippen LogP contribution in [0.4, 0.5) is 5.00 Å². The van der Waals surface area contributed by atoms with Crippen LogP contribution in [0.1, 0.15) is 33.5 Å². The Morgan fingerprint density at radius 2 is 2.20 bits per heavy atom. The van der Waals surface area contributed by atoms with Crippen molar-refractivity contribution >= 4 is 39.8 Å². The summed E-state index contributed by atoms with van der Waals surface area (Å²) in [7, 11) is 0. The minimum atomic E-state index is -1.01. The highest BCUT2D eigenvalue weighted by molar-refractivity contribution is 7.18. The second-order valence-electron chi connectivity index (χ2n) is 4.16. The molecule has 2 N–H and O–H groups in total. The highest BCUT2D eigenvalue weighted by Gasteiger charge is 2.15. The maximum Gasteiger partial charge on any atom is 0.345 e. The number of aromatic carboxylic acids is 1. The number of nitrogens with zero attached hydrogens (tertiary/aromatic N) is 1. The van der Waals surface area contributed by atoms with Gasteiger partial charge in [-0.05, 0) is 24.6 Å². The van der Waals surface area contributed by atoms with Gasteiger partial charge in [-0.2, -0.15) is 0 Å². The molecule has 2 rings (SSSR count). The third-order valence-electron chi connectivity index (χ3n) is 2.61. The first-order valence-electron chi connectivity index (χ1n) is 6.01. The van der Waals surface area contributed by atoms with Crippen LogP contribution in [-0.2, 0) is 6.54 Å². The summed E-state index contributed by atoms with van der Waals surface area (Å²) >= 11 is 6.93. The van der Waals surface area contributed by atoms with E-state index in [0.717, 1.165) is 17.8 Å². The number of hydrogen-bond donors (Lipinski definition) is 2. The SMILES string of the molecule is CCCn1cc(Cl)cc1C(=O)Nc1ccc(C(=O)O)s1. The summed E-state index contributed by atoms with van der Waals surface area (Å²) in [5.74, 6) is -1.31. The van der Waals surface area contributed by atoms with Crippen LogP contribution < -0.4 is 5.32 Å². The number of rotatable bonds is 5. The average molecular weight is 313 g/mol. The Labute approximate surface area is 124 Å². The number of carboxylic acid groups (broad SMARTS) is 1. The summed E-state index contributed by atoms with van der Waals surface area (Å²) in [6.07, 6.45) is 2.59. The molecule has 7 heteroatoms. The Morgan fingerprint density at radius 1 is 1.45 bits per heavy atom. The Balaban J connectivity index is 2.16. The van der Waals surface area contributed by atoms with Gasteiger partial charge in [-0.1, -0.05) is 18.5 Å². The van der Waals surface area contributed by atoms with E-state index in [-0.39, 0.29) is 10.8 Å². The number of halogens is 1. The van der Waals surface area contributed by atoms with Crippen molar-refractivity contribution in [1.29, 1.82) is 0 Å². The molecule has 2 aromatic rings. The number of nitrogens with one attached hydrogen (secondary N) is 1. The fourth-order valence-corrected chi connectivity index (χ4v) is 2.75. The number of carbonyl (C=O) groups is 2. The van der Waals surface area contributed by atoms with Crippen LogP contribution in [0.5, 0.6) is 0 Å². The molecule has 106 valence electrons. The number of aryl methyl sites for hydroxylation is 1. The molecule has 5 nitrogen and oxygen atoms in total. The highest BCUT2D eigenvalue weighted by Crippen LogP contribution is 2.23. The summed E-state index contributed by atoms with van der Waals surface area (Å²) in [6.45, 7) is 2.70. The zero-order valence-corrected chi connectivity index (χ0v) is 12.3. The third kappa shape index (κ3) is 3.20. The molecule has 0 spiro atoms. The van der Waals surface area contributed by atoms with Crippen LogP contribution in [0.2, 0.25) is 5.02 Å². The van der Waals surface area contributed by atoms with Crippen molar-refractivity contribution in [3.63, 3.8) is 0 Å². The van der Waals surface area contributed by atoms with Crippen molar-refractivity contribution in [2.24, 2.45) is 0 Å². The van der Waals surface area contributed by atoms with E-state index in [9.17, 15) is 9.59 Å². The van der Waals surface area contributed by atoms with Crippen molar-refractivity contribution < 1.29 is 14.7 Å². The molecule has 0 unspecified atom stereocenters. The maximum atomic E-state index is 12.2. The number of carbonyl (C=O) groups excluding carboxylic acids is 1. The number of aromatic nitrogens is 1. The van der Waals surface area contributed by atoms with Crippen LogP contribution in [-0.4, -0.2) is 21.6 Å². The number of hydrogen-bond acceptors (Lipinski definition) is 3. The Hall–Kier alpha value is -1.79. The summed E-state index contributed by atoms with van der Waals surface area (Å²) in [5.41, 5.74) is 0.460. The number of thiophene rings is 1. The average Bonchev–Trinajstić information content (AvgIpc) is 2.97. The Bertz CT molecular complexity index is 648. The molecule has 0 saturated heterocycles. The molecule has 2 heterocycles. The van der Waals surface area contributed by atoms with Crippen molar-refractivity contribution in [3.05, 3.63) is 40.0 Å². The molecule has 0 saturated carbocycles. The fraction of sp³-hybridized carbons (Fsp3) is 0.231. The Morgan fingerprint density at radius 3 is 2.80 bits per heavy atom. The molecule has 0 fully saturated rings. The zero-order valence-electron chi connectivity index (χ0n) is 10.7. The van der Waals surface area contributed by atoms with E-state index < -0.39 is 5.97 Å². The lowest BCUT2D eigenvalue weighted by Crippen LogP contribution is -2.16. The van der Waals surface area contributed by atoms with E-state index >= 15 is 0 Å². The Kier molecular flexibility index (Phi) is 4.46. The molecule has 0 radical (unpaired) electrons. The van der Waals surface area contributed by atoms with Crippen LogP contribution in [0.25, 0.3) is 0 Å². The van der Waals surface area contributed by atoms with Gasteiger partial charge >= 0.3 is 5.97 Å². The minimum Gasteiger partial charge on any atom is -0.477 e. The molecule has 0 aromatic carbocycles. The minimum absolute atomic E-state index is 0.183. The molecule has 20 heavy (non-hydrogen) atoms. The van der Waals surface area contributed by atoms with Gasteiger partial charge in [0.1, 0.15) is 10.6 Å². The van der Waals surface area contributed by atoms with Gasteiger partial charge in [0.25, 0.3) is 5.91 Å². The number of anilines is 1. The molecule has 0 bridgehead atoms. The van der Waals surface area contributed by atoms with Gasteiger partial charge in [-0.15, -0.1) is 11.3 Å². The van der Waals surface area contributed by atoms with Crippen molar-refractivity contribution in [1.82, 2.24) is 4.57 Å². The van der Waals surface area contributed by atoms with Crippen LogP contribution >= 0.6 is 22.9 Å².